The van der Waals surface area contributed by atoms with Gasteiger partial charge in [0, 0.05) is 31.8 Å². The zero-order valence-corrected chi connectivity index (χ0v) is 22.2. The molecule has 0 radical (unpaired) electrons. The number of rotatable bonds is 14. The van der Waals surface area contributed by atoms with E-state index in [0.717, 1.165) is 12.8 Å². The van der Waals surface area contributed by atoms with E-state index in [1.165, 1.54) is 11.0 Å². The fourth-order valence-corrected chi connectivity index (χ4v) is 3.25. The fraction of sp³-hybridized carbons (Fsp3) is 0.545. The van der Waals surface area contributed by atoms with Crippen LogP contribution in [-0.4, -0.2) is 55.7 Å². The van der Waals surface area contributed by atoms with Crippen LogP contribution in [0.15, 0.2) is 27.9 Å². The molecule has 11 heteroatoms. The Balaban J connectivity index is 2.38. The van der Waals surface area contributed by atoms with Crippen LogP contribution in [0.3, 0.4) is 0 Å². The summed E-state index contributed by atoms with van der Waals surface area (Å²) in [5, 5.41) is 4.48. The molecule has 0 aliphatic rings. The summed E-state index contributed by atoms with van der Waals surface area (Å²) in [4.78, 5) is 18.2. The van der Waals surface area contributed by atoms with E-state index in [1.54, 1.807) is 19.1 Å². The summed E-state index contributed by atoms with van der Waals surface area (Å²) in [7, 11) is 0. The number of benzene rings is 1. The van der Waals surface area contributed by atoms with E-state index in [2.05, 4.69) is 5.16 Å². The number of halogens is 4. The van der Waals surface area contributed by atoms with Crippen LogP contribution in [0.25, 0.3) is 0 Å². The first-order valence-electron chi connectivity index (χ1n) is 10.5. The summed E-state index contributed by atoms with van der Waals surface area (Å²) in [6.45, 7) is 9.49. The molecular weight excluding hydrogens is 514 g/mol. The van der Waals surface area contributed by atoms with Gasteiger partial charge in [0.2, 0.25) is 0 Å². The highest BCUT2D eigenvalue weighted by Crippen LogP contribution is 2.37. The number of carbonyl (C=O) groups is 1. The van der Waals surface area contributed by atoms with E-state index in [-0.39, 0.29) is 23.8 Å². The molecule has 186 valence electrons. The highest BCUT2D eigenvalue weighted by Gasteiger charge is 2.14. The van der Waals surface area contributed by atoms with Crippen molar-refractivity contribution in [1.82, 2.24) is 4.90 Å². The molecule has 1 atom stereocenters. The van der Waals surface area contributed by atoms with Gasteiger partial charge in [0.05, 0.1) is 28.5 Å². The van der Waals surface area contributed by atoms with Crippen LogP contribution in [0.5, 0.6) is 11.5 Å². The van der Waals surface area contributed by atoms with Crippen LogP contribution < -0.4 is 9.47 Å². The first-order valence-corrected chi connectivity index (χ1v) is 12.1. The Morgan fingerprint density at radius 3 is 2.39 bits per heavy atom. The lowest BCUT2D eigenvalue weighted by atomic mass is 10.2. The Kier molecular flexibility index (Phi) is 14.6. The van der Waals surface area contributed by atoms with Crippen LogP contribution >= 0.6 is 46.4 Å². The van der Waals surface area contributed by atoms with Gasteiger partial charge in [-0.25, -0.2) is 4.79 Å². The maximum absolute atomic E-state index is 11.8. The predicted molar refractivity (Wildman–Crippen MR) is 134 cm³/mol. The molecule has 0 aliphatic carbocycles. The second kappa shape index (κ2) is 16.3. The lowest BCUT2D eigenvalue weighted by molar-refractivity contribution is 0.106. The second-order valence-electron chi connectivity index (χ2n) is 7.00. The molecule has 0 heterocycles. The summed E-state index contributed by atoms with van der Waals surface area (Å²) >= 11 is 23.7. The largest absolute Gasteiger partial charge is 0.489 e. The van der Waals surface area contributed by atoms with Crippen LogP contribution in [0.2, 0.25) is 10.0 Å². The van der Waals surface area contributed by atoms with E-state index in [4.69, 9.17) is 65.5 Å². The Hall–Kier alpha value is -1.38. The molecule has 0 N–H and O–H groups in total. The molecule has 0 bridgehead atoms. The molecule has 0 saturated carbocycles. The van der Waals surface area contributed by atoms with Crippen LogP contribution in [0.1, 0.15) is 40.5 Å². The Morgan fingerprint density at radius 1 is 1.18 bits per heavy atom. The topological polar surface area (TPSA) is 69.6 Å². The van der Waals surface area contributed by atoms with Gasteiger partial charge >= 0.3 is 6.09 Å². The molecule has 0 aromatic heterocycles. The summed E-state index contributed by atoms with van der Waals surface area (Å²) in [6.07, 6.45) is 2.36. The number of amides is 1. The zero-order valence-electron chi connectivity index (χ0n) is 19.2. The van der Waals surface area contributed by atoms with Gasteiger partial charge in [-0.1, -0.05) is 51.6 Å². The standard InChI is InChI=1S/C22H30Cl4N2O5/c1-5-28(6-2)22(29)33-27-15(3)14-30-10-7-8-16(4)32-21-18(23)12-17(13-19(21)24)31-11-9-20(25)26/h9,12-13,16H,5-8,10-11,14H2,1-4H3. The second-order valence-corrected chi connectivity index (χ2v) is 8.82. The summed E-state index contributed by atoms with van der Waals surface area (Å²) < 4.78 is 17.1. The first-order chi connectivity index (χ1) is 15.7. The van der Waals surface area contributed by atoms with Crippen molar-refractivity contribution in [1.29, 1.82) is 0 Å². The number of ether oxygens (including phenoxy) is 3. The van der Waals surface area contributed by atoms with Crippen molar-refractivity contribution < 1.29 is 23.8 Å². The molecule has 33 heavy (non-hydrogen) atoms. The van der Waals surface area contributed by atoms with E-state index in [1.807, 2.05) is 20.8 Å². The summed E-state index contributed by atoms with van der Waals surface area (Å²) in [5.41, 5.74) is 0.574. The van der Waals surface area contributed by atoms with Gasteiger partial charge in [0.15, 0.2) is 5.75 Å². The van der Waals surface area contributed by atoms with Gasteiger partial charge in [-0.2, -0.15) is 0 Å². The third kappa shape index (κ3) is 12.1. The normalized spacial score (nSPS) is 12.2. The van der Waals surface area contributed by atoms with Crippen molar-refractivity contribution in [3.05, 3.63) is 32.7 Å². The van der Waals surface area contributed by atoms with E-state index in [9.17, 15) is 4.79 Å². The summed E-state index contributed by atoms with van der Waals surface area (Å²) in [5.74, 6) is 0.868. The van der Waals surface area contributed by atoms with Crippen molar-refractivity contribution in [3.63, 3.8) is 0 Å². The molecule has 7 nitrogen and oxygen atoms in total. The van der Waals surface area contributed by atoms with Gasteiger partial charge in [0.1, 0.15) is 16.8 Å². The predicted octanol–water partition coefficient (Wildman–Crippen LogP) is 7.11. The van der Waals surface area contributed by atoms with Gasteiger partial charge in [0.25, 0.3) is 0 Å². The van der Waals surface area contributed by atoms with Crippen molar-refractivity contribution >= 4 is 58.2 Å². The minimum absolute atomic E-state index is 0.117. The van der Waals surface area contributed by atoms with Crippen molar-refractivity contribution in [2.75, 3.05) is 32.9 Å². The van der Waals surface area contributed by atoms with Crippen molar-refractivity contribution in [2.45, 2.75) is 46.6 Å². The maximum Gasteiger partial charge on any atom is 0.435 e. The smallest absolute Gasteiger partial charge is 0.435 e. The molecule has 0 saturated heterocycles. The first kappa shape index (κ1) is 29.7. The molecule has 0 spiro atoms. The van der Waals surface area contributed by atoms with Crippen LogP contribution in [-0.2, 0) is 9.57 Å². The van der Waals surface area contributed by atoms with Gasteiger partial charge in [-0.15, -0.1) is 0 Å². The number of hydrogen-bond donors (Lipinski definition) is 0. The monoisotopic (exact) mass is 542 g/mol. The van der Waals surface area contributed by atoms with Gasteiger partial charge < -0.3 is 19.1 Å². The minimum atomic E-state index is -0.473. The van der Waals surface area contributed by atoms with Crippen molar-refractivity contribution in [3.8, 4) is 11.5 Å². The minimum Gasteiger partial charge on any atom is -0.489 e. The number of oxime groups is 1. The van der Waals surface area contributed by atoms with E-state index in [0.29, 0.717) is 47.0 Å². The highest BCUT2D eigenvalue weighted by molar-refractivity contribution is 6.55. The lowest BCUT2D eigenvalue weighted by Gasteiger charge is -2.18. The van der Waals surface area contributed by atoms with Crippen molar-refractivity contribution in [2.24, 2.45) is 5.16 Å². The number of carbonyl (C=O) groups excluding carboxylic acids is 1. The lowest BCUT2D eigenvalue weighted by Crippen LogP contribution is -2.30. The number of nitrogens with zero attached hydrogens (tertiary/aromatic N) is 2. The Bertz CT molecular complexity index is 789. The third-order valence-corrected chi connectivity index (χ3v) is 5.16. The molecule has 0 aliphatic heterocycles. The average Bonchev–Trinajstić information content (AvgIpc) is 2.75. The molecule has 0 fully saturated rings. The average molecular weight is 544 g/mol. The van der Waals surface area contributed by atoms with Crippen LogP contribution in [0.4, 0.5) is 4.79 Å². The van der Waals surface area contributed by atoms with Crippen LogP contribution in [0, 0.1) is 0 Å². The third-order valence-electron chi connectivity index (χ3n) is 4.29. The van der Waals surface area contributed by atoms with Gasteiger partial charge in [-0.3, -0.25) is 4.84 Å². The fourth-order valence-electron chi connectivity index (χ4n) is 2.57. The molecule has 1 unspecified atom stereocenters. The molecule has 1 rings (SSSR count). The molecular formula is C22H30Cl4N2O5. The Morgan fingerprint density at radius 2 is 1.82 bits per heavy atom. The molecule has 1 amide bonds. The Labute approximate surface area is 215 Å². The SMILES string of the molecule is CCN(CC)C(=O)ON=C(C)COCCCC(C)Oc1c(Cl)cc(OCC=C(Cl)Cl)cc1Cl. The quantitative estimate of drug-likeness (QED) is 0.108. The number of hydrogen-bond acceptors (Lipinski definition) is 6. The zero-order chi connectivity index (χ0) is 24.8. The highest BCUT2D eigenvalue weighted by atomic mass is 35.5. The molecule has 1 aromatic rings. The summed E-state index contributed by atoms with van der Waals surface area (Å²) in [6, 6.07) is 3.23. The maximum atomic E-state index is 11.8. The molecule has 1 aromatic carbocycles. The van der Waals surface area contributed by atoms with E-state index < -0.39 is 6.09 Å². The van der Waals surface area contributed by atoms with Gasteiger partial charge in [-0.05, 0) is 46.6 Å². The van der Waals surface area contributed by atoms with E-state index >= 15 is 0 Å².